The molecule has 1 fully saturated rings. The minimum absolute atomic E-state index is 0.118. The maximum Gasteiger partial charge on any atom is 0.329 e. The van der Waals surface area contributed by atoms with Crippen LogP contribution in [0.5, 0.6) is 0 Å². The van der Waals surface area contributed by atoms with Gasteiger partial charge in [0, 0.05) is 36.3 Å². The molecule has 1 aliphatic rings. The third kappa shape index (κ3) is 4.90. The first-order valence-electron chi connectivity index (χ1n) is 13.2. The van der Waals surface area contributed by atoms with E-state index >= 15 is 0 Å². The smallest absolute Gasteiger partial charge is 0.297 e. The second-order valence-electron chi connectivity index (χ2n) is 9.80. The number of aryl methyl sites for hydroxylation is 1. The third-order valence-electron chi connectivity index (χ3n) is 7.52. The molecule has 0 spiro atoms. The number of ketones is 1. The first-order valence-corrected chi connectivity index (χ1v) is 13.2. The van der Waals surface area contributed by atoms with Gasteiger partial charge in [-0.25, -0.2) is 9.89 Å². The molecule has 192 valence electrons. The van der Waals surface area contributed by atoms with E-state index in [-0.39, 0.29) is 23.4 Å². The van der Waals surface area contributed by atoms with E-state index in [1.165, 1.54) is 0 Å². The van der Waals surface area contributed by atoms with Crippen LogP contribution in [0.4, 0.5) is 0 Å². The lowest BCUT2D eigenvalue weighted by Crippen LogP contribution is -2.37. The maximum atomic E-state index is 13.9. The minimum atomic E-state index is -0.374. The van der Waals surface area contributed by atoms with Gasteiger partial charge in [0.2, 0.25) is 0 Å². The lowest BCUT2D eigenvalue weighted by molar-refractivity contribution is -0.126. The number of Topliss-reactive ketones (excluding diaryl/α,β-unsaturated/α-hetero) is 1. The topological polar surface area (TPSA) is 111 Å². The van der Waals surface area contributed by atoms with E-state index in [1.807, 2.05) is 47.3 Å². The monoisotopic (exact) mass is 499 g/mol. The molecule has 0 radical (unpaired) electrons. The van der Waals surface area contributed by atoms with Crippen LogP contribution in [0, 0.1) is 5.92 Å². The van der Waals surface area contributed by atoms with Crippen molar-refractivity contribution in [2.75, 3.05) is 0 Å². The molecule has 4 aromatic rings. The fourth-order valence-corrected chi connectivity index (χ4v) is 5.57. The number of aromatic nitrogens is 7. The largest absolute Gasteiger partial charge is 0.329 e. The number of carbonyl (C=O) groups is 1. The van der Waals surface area contributed by atoms with E-state index in [4.69, 9.17) is 0 Å². The molecule has 0 amide bonds. The number of hydrogen-bond donors (Lipinski definition) is 1. The summed E-state index contributed by atoms with van der Waals surface area (Å²) < 4.78 is 3.56. The molecule has 2 unspecified atom stereocenters. The van der Waals surface area contributed by atoms with E-state index in [2.05, 4.69) is 39.5 Å². The molecule has 0 bridgehead atoms. The van der Waals surface area contributed by atoms with Gasteiger partial charge < -0.3 is 0 Å². The van der Waals surface area contributed by atoms with Gasteiger partial charge in [-0.05, 0) is 64.8 Å². The Kier molecular flexibility index (Phi) is 7.39. The molecular formula is C28H33N7O2. The fraction of sp³-hybridized carbons (Fsp3) is 0.429. The van der Waals surface area contributed by atoms with Crippen molar-refractivity contribution in [2.45, 2.75) is 71.4 Å². The SMILES string of the molecule is CCCCc1cn(C2C(=O)CCCC2CC)c(=O)n1Cc1cnccc1-c1ccccc1-c1nnn[nH]1. The number of imidazole rings is 1. The van der Waals surface area contributed by atoms with Crippen molar-refractivity contribution < 1.29 is 4.79 Å². The van der Waals surface area contributed by atoms with Crippen LogP contribution in [-0.2, 0) is 17.8 Å². The number of aromatic amines is 1. The zero-order valence-electron chi connectivity index (χ0n) is 21.4. The van der Waals surface area contributed by atoms with Crippen LogP contribution in [0.1, 0.15) is 69.7 Å². The summed E-state index contributed by atoms with van der Waals surface area (Å²) >= 11 is 0. The Morgan fingerprint density at radius 2 is 1.92 bits per heavy atom. The van der Waals surface area contributed by atoms with Crippen LogP contribution in [0.2, 0.25) is 0 Å². The van der Waals surface area contributed by atoms with Crippen LogP contribution < -0.4 is 5.69 Å². The quantitative estimate of drug-likeness (QED) is 0.360. The summed E-state index contributed by atoms with van der Waals surface area (Å²) in [5, 5.41) is 14.4. The summed E-state index contributed by atoms with van der Waals surface area (Å²) in [6, 6.07) is 9.50. The Morgan fingerprint density at radius 1 is 1.08 bits per heavy atom. The Labute approximate surface area is 216 Å². The molecule has 1 aromatic carbocycles. The van der Waals surface area contributed by atoms with Gasteiger partial charge in [-0.1, -0.05) is 51.0 Å². The van der Waals surface area contributed by atoms with Crippen molar-refractivity contribution in [3.8, 4) is 22.5 Å². The van der Waals surface area contributed by atoms with Crippen molar-refractivity contribution in [3.05, 3.63) is 70.7 Å². The van der Waals surface area contributed by atoms with E-state index in [9.17, 15) is 9.59 Å². The molecule has 1 saturated carbocycles. The summed E-state index contributed by atoms with van der Waals surface area (Å²) in [5.41, 5.74) is 4.55. The molecule has 0 saturated heterocycles. The average molecular weight is 500 g/mol. The summed E-state index contributed by atoms with van der Waals surface area (Å²) in [7, 11) is 0. The van der Waals surface area contributed by atoms with Gasteiger partial charge in [0.1, 0.15) is 0 Å². The number of pyridine rings is 1. The number of nitrogens with one attached hydrogen (secondary N) is 1. The number of unbranched alkanes of at least 4 members (excludes halogenated alkanes) is 1. The molecule has 2 atom stereocenters. The number of rotatable bonds is 9. The normalized spacial score (nSPS) is 17.8. The van der Waals surface area contributed by atoms with Crippen molar-refractivity contribution in [2.24, 2.45) is 5.92 Å². The van der Waals surface area contributed by atoms with Gasteiger partial charge in [0.25, 0.3) is 0 Å². The highest BCUT2D eigenvalue weighted by atomic mass is 16.2. The second kappa shape index (κ2) is 11.0. The summed E-state index contributed by atoms with van der Waals surface area (Å²) in [6.45, 7) is 4.63. The van der Waals surface area contributed by atoms with Gasteiger partial charge >= 0.3 is 5.69 Å². The van der Waals surface area contributed by atoms with E-state index < -0.39 is 0 Å². The molecule has 0 aliphatic heterocycles. The van der Waals surface area contributed by atoms with Crippen molar-refractivity contribution in [3.63, 3.8) is 0 Å². The van der Waals surface area contributed by atoms with Crippen molar-refractivity contribution >= 4 is 5.78 Å². The number of hydrogen-bond acceptors (Lipinski definition) is 6. The van der Waals surface area contributed by atoms with E-state index in [0.29, 0.717) is 18.8 Å². The molecule has 1 aliphatic carbocycles. The Bertz CT molecular complexity index is 1420. The second-order valence-corrected chi connectivity index (χ2v) is 9.80. The maximum absolute atomic E-state index is 13.9. The molecule has 3 heterocycles. The van der Waals surface area contributed by atoms with Gasteiger partial charge in [-0.2, -0.15) is 0 Å². The highest BCUT2D eigenvalue weighted by Gasteiger charge is 2.34. The van der Waals surface area contributed by atoms with Crippen molar-refractivity contribution in [1.82, 2.24) is 34.7 Å². The predicted molar refractivity (Wildman–Crippen MR) is 141 cm³/mol. The standard InChI is InChI=1S/C28H33N7O2/c1-3-5-10-21-18-35(26-19(4-2)9-8-13-25(26)36)28(37)34(21)17-20-16-29-15-14-22(20)23-11-6-7-12-24(23)27-30-32-33-31-27/h6-7,11-12,14-16,18-19,26H,3-5,8-10,13,17H2,1-2H3,(H,30,31,32,33). The third-order valence-corrected chi connectivity index (χ3v) is 7.52. The van der Waals surface area contributed by atoms with Crippen LogP contribution in [-0.4, -0.2) is 40.5 Å². The first kappa shape index (κ1) is 24.8. The zero-order chi connectivity index (χ0) is 25.8. The molecule has 3 aromatic heterocycles. The summed E-state index contributed by atoms with van der Waals surface area (Å²) in [4.78, 5) is 31.3. The number of tetrazole rings is 1. The van der Waals surface area contributed by atoms with Gasteiger partial charge in [0.05, 0.1) is 12.6 Å². The summed E-state index contributed by atoms with van der Waals surface area (Å²) in [6.07, 6.45) is 11.6. The van der Waals surface area contributed by atoms with Gasteiger partial charge in [0.15, 0.2) is 11.6 Å². The Hall–Kier alpha value is -3.88. The Morgan fingerprint density at radius 3 is 2.68 bits per heavy atom. The summed E-state index contributed by atoms with van der Waals surface area (Å²) in [5.74, 6) is 0.952. The minimum Gasteiger partial charge on any atom is -0.297 e. The first-order chi connectivity index (χ1) is 18.1. The molecular weight excluding hydrogens is 466 g/mol. The number of nitrogens with zero attached hydrogens (tertiary/aromatic N) is 6. The number of carbonyl (C=O) groups excluding carboxylic acids is 1. The van der Waals surface area contributed by atoms with Crippen molar-refractivity contribution in [1.29, 1.82) is 0 Å². The molecule has 5 rings (SSSR count). The Balaban J connectivity index is 1.59. The highest BCUT2D eigenvalue weighted by molar-refractivity contribution is 5.84. The average Bonchev–Trinajstić information content (AvgIpc) is 3.57. The van der Waals surface area contributed by atoms with Crippen LogP contribution >= 0.6 is 0 Å². The predicted octanol–water partition coefficient (Wildman–Crippen LogP) is 4.60. The molecule has 1 N–H and O–H groups in total. The van der Waals surface area contributed by atoms with Gasteiger partial charge in [-0.3, -0.25) is 18.9 Å². The van der Waals surface area contributed by atoms with E-state index in [0.717, 1.165) is 66.5 Å². The zero-order valence-corrected chi connectivity index (χ0v) is 21.4. The molecule has 37 heavy (non-hydrogen) atoms. The molecule has 9 heteroatoms. The lowest BCUT2D eigenvalue weighted by Gasteiger charge is -2.29. The highest BCUT2D eigenvalue weighted by Crippen LogP contribution is 2.34. The number of H-pyrrole nitrogens is 1. The number of benzene rings is 1. The molecule has 9 nitrogen and oxygen atoms in total. The van der Waals surface area contributed by atoms with Gasteiger partial charge in [-0.15, -0.1) is 5.10 Å². The van der Waals surface area contributed by atoms with Crippen LogP contribution in [0.3, 0.4) is 0 Å². The fourth-order valence-electron chi connectivity index (χ4n) is 5.57. The lowest BCUT2D eigenvalue weighted by atomic mass is 9.82. The van der Waals surface area contributed by atoms with E-state index in [1.54, 1.807) is 10.8 Å². The van der Waals surface area contributed by atoms with Crippen LogP contribution in [0.25, 0.3) is 22.5 Å². The van der Waals surface area contributed by atoms with Crippen LogP contribution in [0.15, 0.2) is 53.7 Å².